The summed E-state index contributed by atoms with van der Waals surface area (Å²) in [6.07, 6.45) is 5.71. The van der Waals surface area contributed by atoms with Gasteiger partial charge in [-0.05, 0) is 25.0 Å². The Morgan fingerprint density at radius 2 is 2.32 bits per heavy atom. The molecule has 1 atom stereocenters. The van der Waals surface area contributed by atoms with Crippen molar-refractivity contribution in [2.75, 3.05) is 32.8 Å². The quantitative estimate of drug-likeness (QED) is 0.830. The van der Waals surface area contributed by atoms with Gasteiger partial charge in [0.25, 0.3) is 0 Å². The van der Waals surface area contributed by atoms with Crippen LogP contribution < -0.4 is 5.32 Å². The van der Waals surface area contributed by atoms with Gasteiger partial charge in [-0.1, -0.05) is 5.16 Å². The number of rotatable bonds is 6. The lowest BCUT2D eigenvalue weighted by molar-refractivity contribution is -0.123. The van der Waals surface area contributed by atoms with Gasteiger partial charge in [0, 0.05) is 44.2 Å². The second-order valence-corrected chi connectivity index (χ2v) is 6.53. The summed E-state index contributed by atoms with van der Waals surface area (Å²) >= 11 is 0. The minimum absolute atomic E-state index is 0.0375. The second kappa shape index (κ2) is 7.28. The first-order valence-electron chi connectivity index (χ1n) is 8.62. The van der Waals surface area contributed by atoms with Crippen molar-refractivity contribution >= 4 is 5.91 Å². The van der Waals surface area contributed by atoms with E-state index in [2.05, 4.69) is 25.3 Å². The van der Waals surface area contributed by atoms with Crippen LogP contribution >= 0.6 is 0 Å². The fourth-order valence-electron chi connectivity index (χ4n) is 3.16. The van der Waals surface area contributed by atoms with Gasteiger partial charge in [-0.2, -0.15) is 4.98 Å². The van der Waals surface area contributed by atoms with Crippen molar-refractivity contribution in [3.05, 3.63) is 30.4 Å². The minimum Gasteiger partial charge on any atom is -0.376 e. The number of hydrogen-bond donors (Lipinski definition) is 1. The molecule has 1 amide bonds. The molecular weight excluding hydrogens is 322 g/mol. The highest BCUT2D eigenvalue weighted by molar-refractivity contribution is 5.78. The van der Waals surface area contributed by atoms with Gasteiger partial charge >= 0.3 is 0 Å². The molecular formula is C17H21N5O3. The Bertz CT molecular complexity index is 708. The molecule has 2 aliphatic heterocycles. The van der Waals surface area contributed by atoms with Crippen LogP contribution in [0.25, 0.3) is 11.4 Å². The third-order valence-electron chi connectivity index (χ3n) is 4.59. The van der Waals surface area contributed by atoms with Gasteiger partial charge < -0.3 is 14.6 Å². The minimum atomic E-state index is 0.0375. The highest BCUT2D eigenvalue weighted by Crippen LogP contribution is 2.27. The van der Waals surface area contributed by atoms with E-state index in [0.29, 0.717) is 24.8 Å². The Hall–Kier alpha value is -2.32. The summed E-state index contributed by atoms with van der Waals surface area (Å²) < 4.78 is 10.9. The Balaban J connectivity index is 1.22. The van der Waals surface area contributed by atoms with Crippen LogP contribution in [0.1, 0.15) is 24.7 Å². The largest absolute Gasteiger partial charge is 0.376 e. The molecule has 4 heterocycles. The summed E-state index contributed by atoms with van der Waals surface area (Å²) in [6.45, 7) is 3.31. The molecule has 8 nitrogen and oxygen atoms in total. The highest BCUT2D eigenvalue weighted by Gasteiger charge is 2.33. The lowest BCUT2D eigenvalue weighted by Gasteiger charge is -2.36. The summed E-state index contributed by atoms with van der Waals surface area (Å²) in [6, 6.07) is 3.73. The summed E-state index contributed by atoms with van der Waals surface area (Å²) in [5.41, 5.74) is 0.835. The molecule has 2 aromatic heterocycles. The van der Waals surface area contributed by atoms with Crippen LogP contribution in [0, 0.1) is 0 Å². The summed E-state index contributed by atoms with van der Waals surface area (Å²) in [7, 11) is 0. The number of hydrogen-bond acceptors (Lipinski definition) is 7. The molecule has 8 heteroatoms. The molecule has 0 radical (unpaired) electrons. The molecule has 4 rings (SSSR count). The van der Waals surface area contributed by atoms with Crippen molar-refractivity contribution in [1.29, 1.82) is 0 Å². The van der Waals surface area contributed by atoms with E-state index in [1.165, 1.54) is 0 Å². The molecule has 1 unspecified atom stereocenters. The number of aromatic nitrogens is 3. The van der Waals surface area contributed by atoms with Crippen LogP contribution in [-0.4, -0.2) is 64.8 Å². The fraction of sp³-hybridized carbons (Fsp3) is 0.529. The molecule has 2 saturated heterocycles. The predicted octanol–water partition coefficient (Wildman–Crippen LogP) is 0.826. The molecule has 2 aromatic rings. The van der Waals surface area contributed by atoms with Crippen molar-refractivity contribution in [3.63, 3.8) is 0 Å². The second-order valence-electron chi connectivity index (χ2n) is 6.53. The van der Waals surface area contributed by atoms with Gasteiger partial charge in [-0.3, -0.25) is 14.7 Å². The number of nitrogens with zero attached hydrogens (tertiary/aromatic N) is 4. The number of amides is 1. The number of pyridine rings is 1. The smallest absolute Gasteiger partial charge is 0.234 e. The van der Waals surface area contributed by atoms with E-state index >= 15 is 0 Å². The van der Waals surface area contributed by atoms with Crippen LogP contribution in [0.5, 0.6) is 0 Å². The van der Waals surface area contributed by atoms with Crippen molar-refractivity contribution in [2.45, 2.75) is 24.9 Å². The molecule has 2 fully saturated rings. The fourth-order valence-corrected chi connectivity index (χ4v) is 3.16. The van der Waals surface area contributed by atoms with Gasteiger partial charge in [0.2, 0.25) is 17.6 Å². The molecule has 0 saturated carbocycles. The van der Waals surface area contributed by atoms with Crippen LogP contribution in [0.4, 0.5) is 0 Å². The average molecular weight is 343 g/mol. The van der Waals surface area contributed by atoms with Crippen molar-refractivity contribution < 1.29 is 14.1 Å². The van der Waals surface area contributed by atoms with Crippen molar-refractivity contribution in [1.82, 2.24) is 25.3 Å². The molecule has 0 spiro atoms. The zero-order chi connectivity index (χ0) is 17.1. The predicted molar refractivity (Wildman–Crippen MR) is 88.7 cm³/mol. The van der Waals surface area contributed by atoms with Crippen LogP contribution in [0.2, 0.25) is 0 Å². The van der Waals surface area contributed by atoms with E-state index in [1.54, 1.807) is 12.4 Å². The van der Waals surface area contributed by atoms with E-state index < -0.39 is 0 Å². The first-order chi connectivity index (χ1) is 12.3. The lowest BCUT2D eigenvalue weighted by Crippen LogP contribution is -2.50. The third kappa shape index (κ3) is 3.85. The summed E-state index contributed by atoms with van der Waals surface area (Å²) in [5, 5.41) is 6.95. The lowest BCUT2D eigenvalue weighted by atomic mass is 10.0. The van der Waals surface area contributed by atoms with Gasteiger partial charge in [0.1, 0.15) is 0 Å². The summed E-state index contributed by atoms with van der Waals surface area (Å²) in [4.78, 5) is 22.5. The molecule has 2 aliphatic rings. The number of carbonyl (C=O) groups is 1. The topological polar surface area (TPSA) is 93.4 Å². The van der Waals surface area contributed by atoms with Crippen molar-refractivity contribution in [3.8, 4) is 11.4 Å². The van der Waals surface area contributed by atoms with Gasteiger partial charge in [0.05, 0.1) is 18.6 Å². The van der Waals surface area contributed by atoms with E-state index in [4.69, 9.17) is 9.26 Å². The van der Waals surface area contributed by atoms with Gasteiger partial charge in [-0.25, -0.2) is 0 Å². The molecule has 25 heavy (non-hydrogen) atoms. The maximum atomic E-state index is 12.0. The standard InChI is InChI=1S/C17H21N5O3/c23-15(19-8-14-4-2-6-24-14)11-22-9-13(10-22)17-20-16(21-25-17)12-3-1-5-18-7-12/h1,3,5,7,13-14H,2,4,6,8-11H2,(H,19,23). The molecule has 132 valence electrons. The van der Waals surface area contributed by atoms with Crippen LogP contribution in [0.3, 0.4) is 0 Å². The summed E-state index contributed by atoms with van der Waals surface area (Å²) in [5.74, 6) is 1.39. The number of ether oxygens (including phenoxy) is 1. The van der Waals surface area contributed by atoms with Gasteiger partial charge in [-0.15, -0.1) is 0 Å². The van der Waals surface area contributed by atoms with Gasteiger partial charge in [0.15, 0.2) is 0 Å². The van der Waals surface area contributed by atoms with Crippen LogP contribution in [-0.2, 0) is 9.53 Å². The monoisotopic (exact) mass is 343 g/mol. The van der Waals surface area contributed by atoms with E-state index in [0.717, 1.165) is 38.1 Å². The zero-order valence-electron chi connectivity index (χ0n) is 13.9. The maximum absolute atomic E-state index is 12.0. The number of nitrogens with one attached hydrogen (secondary N) is 1. The average Bonchev–Trinajstić information content (AvgIpc) is 3.28. The Kier molecular flexibility index (Phi) is 4.71. The Labute approximate surface area is 145 Å². The van der Waals surface area contributed by atoms with E-state index in [9.17, 15) is 4.79 Å². The van der Waals surface area contributed by atoms with E-state index in [1.807, 2.05) is 12.1 Å². The van der Waals surface area contributed by atoms with Crippen molar-refractivity contribution in [2.24, 2.45) is 0 Å². The highest BCUT2D eigenvalue weighted by atomic mass is 16.5. The number of likely N-dealkylation sites (tertiary alicyclic amines) is 1. The SMILES string of the molecule is O=C(CN1CC(c2nc(-c3cccnc3)no2)C1)NCC1CCCO1. The first kappa shape index (κ1) is 16.2. The Morgan fingerprint density at radius 3 is 3.08 bits per heavy atom. The van der Waals surface area contributed by atoms with E-state index in [-0.39, 0.29) is 17.9 Å². The van der Waals surface area contributed by atoms with Crippen LogP contribution in [0.15, 0.2) is 29.0 Å². The zero-order valence-corrected chi connectivity index (χ0v) is 13.9. The third-order valence-corrected chi connectivity index (χ3v) is 4.59. The Morgan fingerprint density at radius 1 is 1.40 bits per heavy atom. The molecule has 0 aromatic carbocycles. The molecule has 1 N–H and O–H groups in total. The first-order valence-corrected chi connectivity index (χ1v) is 8.62. The molecule has 0 aliphatic carbocycles. The molecule has 0 bridgehead atoms. The number of carbonyl (C=O) groups excluding carboxylic acids is 1. The normalized spacial score (nSPS) is 21.2. The maximum Gasteiger partial charge on any atom is 0.234 e.